The van der Waals surface area contributed by atoms with E-state index >= 15 is 0 Å². The minimum atomic E-state index is -1.05. The summed E-state index contributed by atoms with van der Waals surface area (Å²) < 4.78 is 5.32. The minimum Gasteiger partial charge on any atom is -0.481 e. The molecule has 0 unspecified atom stereocenters. The van der Waals surface area contributed by atoms with Crippen molar-refractivity contribution in [3.63, 3.8) is 0 Å². The van der Waals surface area contributed by atoms with E-state index in [0.717, 1.165) is 0 Å². The van der Waals surface area contributed by atoms with Gasteiger partial charge in [0.25, 0.3) is 0 Å². The molecule has 32 heavy (non-hydrogen) atoms. The molecular formula is C22H38N4O6. The second kappa shape index (κ2) is 13.7. The Morgan fingerprint density at radius 2 is 1.66 bits per heavy atom. The van der Waals surface area contributed by atoms with Crippen LogP contribution in [0.3, 0.4) is 0 Å². The maximum absolute atomic E-state index is 13.0. The number of nitrogens with one attached hydrogen (secondary N) is 1. The summed E-state index contributed by atoms with van der Waals surface area (Å²) in [6.07, 6.45) is 0.290. The van der Waals surface area contributed by atoms with Crippen LogP contribution in [0.15, 0.2) is 5.11 Å². The summed E-state index contributed by atoms with van der Waals surface area (Å²) in [6.45, 7) is 12.3. The second-order valence-electron chi connectivity index (χ2n) is 9.67. The molecule has 0 aromatic heterocycles. The number of carbonyl (C=O) groups is 4. The van der Waals surface area contributed by atoms with Crippen molar-refractivity contribution in [1.29, 1.82) is 0 Å². The topological polar surface area (TPSA) is 159 Å². The molecule has 10 heteroatoms. The van der Waals surface area contributed by atoms with E-state index in [1.54, 1.807) is 48.5 Å². The Balaban J connectivity index is 5.44. The molecular weight excluding hydrogens is 416 g/mol. The van der Waals surface area contributed by atoms with Gasteiger partial charge in [-0.3, -0.25) is 19.2 Å². The molecule has 0 rings (SSSR count). The summed E-state index contributed by atoms with van der Waals surface area (Å²) in [5.74, 6) is -4.56. The van der Waals surface area contributed by atoms with Crippen LogP contribution in [0.1, 0.15) is 74.1 Å². The quantitative estimate of drug-likeness (QED) is 0.133. The van der Waals surface area contributed by atoms with Crippen LogP contribution in [0.4, 0.5) is 0 Å². The van der Waals surface area contributed by atoms with E-state index in [0.29, 0.717) is 6.42 Å². The molecule has 0 saturated heterocycles. The number of aliphatic carboxylic acids is 1. The lowest BCUT2D eigenvalue weighted by atomic mass is 9.86. The van der Waals surface area contributed by atoms with Crippen LogP contribution < -0.4 is 5.32 Å². The molecule has 0 spiro atoms. The van der Waals surface area contributed by atoms with Gasteiger partial charge in [-0.1, -0.05) is 32.8 Å². The highest BCUT2D eigenvalue weighted by molar-refractivity contribution is 5.93. The number of rotatable bonds is 14. The fourth-order valence-electron chi connectivity index (χ4n) is 3.21. The molecule has 182 valence electrons. The largest absolute Gasteiger partial charge is 0.481 e. The van der Waals surface area contributed by atoms with Gasteiger partial charge in [0.2, 0.25) is 5.91 Å². The summed E-state index contributed by atoms with van der Waals surface area (Å²) in [7, 11) is 0. The zero-order valence-corrected chi connectivity index (χ0v) is 20.3. The third-order valence-corrected chi connectivity index (χ3v) is 4.93. The highest BCUT2D eigenvalue weighted by Gasteiger charge is 2.33. The van der Waals surface area contributed by atoms with Crippen molar-refractivity contribution in [3.05, 3.63) is 10.4 Å². The Morgan fingerprint density at radius 1 is 1.06 bits per heavy atom. The van der Waals surface area contributed by atoms with Gasteiger partial charge in [-0.25, -0.2) is 0 Å². The highest BCUT2D eigenvalue weighted by atomic mass is 16.6. The molecule has 0 saturated carbocycles. The van der Waals surface area contributed by atoms with Crippen LogP contribution in [0.5, 0.6) is 0 Å². The molecule has 2 N–H and O–H groups in total. The van der Waals surface area contributed by atoms with Crippen molar-refractivity contribution >= 4 is 23.6 Å². The molecule has 0 bridgehead atoms. The number of azide groups is 1. The van der Waals surface area contributed by atoms with Gasteiger partial charge in [-0.2, -0.15) is 0 Å². The first-order valence-electron chi connectivity index (χ1n) is 11.0. The fraction of sp³-hybridized carbons (Fsp3) is 0.818. The summed E-state index contributed by atoms with van der Waals surface area (Å²) in [5, 5.41) is 15.6. The monoisotopic (exact) mass is 454 g/mol. The SMILES string of the molecule is CC(C)[C@H](CC(=O)[C@@H](NC(=O)[C@H](CCCN=[N+]=[N-])CC(=O)OC(C)(C)C)C(C)C)C(=O)O. The van der Waals surface area contributed by atoms with Crippen LogP contribution in [0, 0.1) is 23.7 Å². The number of hydrogen-bond donors (Lipinski definition) is 2. The third-order valence-electron chi connectivity index (χ3n) is 4.93. The Labute approximate surface area is 190 Å². The normalized spacial score (nSPS) is 14.3. The Hall–Kier alpha value is -2.61. The predicted octanol–water partition coefficient (Wildman–Crippen LogP) is 3.88. The first kappa shape index (κ1) is 29.4. The van der Waals surface area contributed by atoms with E-state index in [1.165, 1.54) is 0 Å². The number of hydrogen-bond acceptors (Lipinski definition) is 6. The lowest BCUT2D eigenvalue weighted by Gasteiger charge is -2.27. The van der Waals surface area contributed by atoms with E-state index in [2.05, 4.69) is 15.3 Å². The maximum atomic E-state index is 13.0. The molecule has 10 nitrogen and oxygen atoms in total. The van der Waals surface area contributed by atoms with Crippen LogP contribution in [-0.2, 0) is 23.9 Å². The molecule has 0 heterocycles. The second-order valence-corrected chi connectivity index (χ2v) is 9.67. The Kier molecular flexibility index (Phi) is 12.6. The smallest absolute Gasteiger partial charge is 0.307 e. The summed E-state index contributed by atoms with van der Waals surface area (Å²) in [5.41, 5.74) is 7.72. The van der Waals surface area contributed by atoms with Crippen molar-refractivity contribution in [2.45, 2.75) is 85.8 Å². The van der Waals surface area contributed by atoms with E-state index in [-0.39, 0.29) is 43.4 Å². The highest BCUT2D eigenvalue weighted by Crippen LogP contribution is 2.21. The number of carboxylic acids is 1. The van der Waals surface area contributed by atoms with Gasteiger partial charge in [0.15, 0.2) is 5.78 Å². The average molecular weight is 455 g/mol. The standard InChI is InChI=1S/C22H38N4O6/c1-13(2)16(21(30)31)12-17(27)19(14(3)4)25-20(29)15(9-8-10-24-26-23)11-18(28)32-22(5,6)7/h13-16,19H,8-12H2,1-7H3,(H,25,29)(H,30,31)/t15-,16+,19+/m1/s1. The van der Waals surface area contributed by atoms with Gasteiger partial charge in [0, 0.05) is 23.8 Å². The number of ether oxygens (including phenoxy) is 1. The summed E-state index contributed by atoms with van der Waals surface area (Å²) >= 11 is 0. The fourth-order valence-corrected chi connectivity index (χ4v) is 3.21. The maximum Gasteiger partial charge on any atom is 0.307 e. The summed E-state index contributed by atoms with van der Waals surface area (Å²) in [6, 6.07) is -0.874. The molecule has 3 atom stereocenters. The molecule has 0 aliphatic heterocycles. The molecule has 0 aromatic rings. The van der Waals surface area contributed by atoms with Crippen molar-refractivity contribution in [2.75, 3.05) is 6.54 Å². The first-order chi connectivity index (χ1) is 14.7. The molecule has 0 aliphatic rings. The number of carbonyl (C=O) groups excluding carboxylic acids is 3. The molecule has 0 aliphatic carbocycles. The van der Waals surface area contributed by atoms with Gasteiger partial charge >= 0.3 is 11.9 Å². The van der Waals surface area contributed by atoms with E-state index in [1.807, 2.05) is 0 Å². The minimum absolute atomic E-state index is 0.176. The van der Waals surface area contributed by atoms with Crippen LogP contribution in [-0.4, -0.2) is 46.9 Å². The Bertz CT molecular complexity index is 708. The van der Waals surface area contributed by atoms with Gasteiger partial charge in [0.1, 0.15) is 5.60 Å². The van der Waals surface area contributed by atoms with Gasteiger partial charge in [-0.05, 0) is 51.0 Å². The van der Waals surface area contributed by atoms with Gasteiger partial charge in [-0.15, -0.1) is 0 Å². The lowest BCUT2D eigenvalue weighted by molar-refractivity contribution is -0.157. The number of amides is 1. The predicted molar refractivity (Wildman–Crippen MR) is 120 cm³/mol. The van der Waals surface area contributed by atoms with Gasteiger partial charge in [0.05, 0.1) is 18.4 Å². The zero-order valence-electron chi connectivity index (χ0n) is 20.3. The number of carboxylic acid groups (broad SMARTS) is 1. The molecule has 0 fully saturated rings. The van der Waals surface area contributed by atoms with Crippen LogP contribution in [0.2, 0.25) is 0 Å². The first-order valence-corrected chi connectivity index (χ1v) is 11.0. The number of Topliss-reactive ketones (excluding diaryl/α,β-unsaturated/α-hetero) is 1. The lowest BCUT2D eigenvalue weighted by Crippen LogP contribution is -2.48. The van der Waals surface area contributed by atoms with Crippen molar-refractivity contribution < 1.29 is 29.0 Å². The zero-order chi connectivity index (χ0) is 25.1. The van der Waals surface area contributed by atoms with E-state index in [9.17, 15) is 24.3 Å². The Morgan fingerprint density at radius 3 is 2.09 bits per heavy atom. The molecule has 0 aromatic carbocycles. The van der Waals surface area contributed by atoms with Gasteiger partial charge < -0.3 is 15.2 Å². The average Bonchev–Trinajstić information content (AvgIpc) is 2.63. The number of esters is 1. The number of ketones is 1. The van der Waals surface area contributed by atoms with E-state index < -0.39 is 41.3 Å². The third kappa shape index (κ3) is 11.7. The number of nitrogens with zero attached hydrogens (tertiary/aromatic N) is 3. The molecule has 1 amide bonds. The van der Waals surface area contributed by atoms with Crippen molar-refractivity contribution in [3.8, 4) is 0 Å². The van der Waals surface area contributed by atoms with Crippen molar-refractivity contribution in [2.24, 2.45) is 28.8 Å². The van der Waals surface area contributed by atoms with Crippen molar-refractivity contribution in [1.82, 2.24) is 5.32 Å². The molecule has 0 radical (unpaired) electrons. The summed E-state index contributed by atoms with van der Waals surface area (Å²) in [4.78, 5) is 52.3. The van der Waals surface area contributed by atoms with Crippen LogP contribution in [0.25, 0.3) is 10.4 Å². The van der Waals surface area contributed by atoms with E-state index in [4.69, 9.17) is 10.3 Å². The van der Waals surface area contributed by atoms with Crippen LogP contribution >= 0.6 is 0 Å².